The minimum atomic E-state index is 0.446. The molecule has 4 rings (SSSR count). The second-order valence-electron chi connectivity index (χ2n) is 6.46. The molecule has 0 radical (unpaired) electrons. The monoisotopic (exact) mass is 381 g/mol. The molecular weight excluding hydrogens is 362 g/mol. The van der Waals surface area contributed by atoms with E-state index in [1.165, 1.54) is 0 Å². The molecule has 0 saturated heterocycles. The molecule has 0 saturated carbocycles. The highest BCUT2D eigenvalue weighted by atomic mass is 16.5. The van der Waals surface area contributed by atoms with Gasteiger partial charge in [0.2, 0.25) is 0 Å². The molecule has 0 bridgehead atoms. The summed E-state index contributed by atoms with van der Waals surface area (Å²) >= 11 is 0. The van der Waals surface area contributed by atoms with Crippen LogP contribution >= 0.6 is 0 Å². The molecular formula is C24H19N3O2. The first-order valence-electron chi connectivity index (χ1n) is 9.18. The largest absolute Gasteiger partial charge is 0.493 e. The molecule has 1 N–H and O–H groups in total. The molecule has 0 aliphatic carbocycles. The number of aromatic amines is 1. The molecule has 0 unspecified atom stereocenters. The van der Waals surface area contributed by atoms with Crippen molar-refractivity contribution < 1.29 is 9.47 Å². The third-order valence-electron chi connectivity index (χ3n) is 4.50. The second-order valence-corrected chi connectivity index (χ2v) is 6.46. The number of fused-ring (bicyclic) bond motifs is 1. The van der Waals surface area contributed by atoms with Gasteiger partial charge in [-0.2, -0.15) is 5.26 Å². The van der Waals surface area contributed by atoms with Crippen LogP contribution in [-0.2, 0) is 6.61 Å². The van der Waals surface area contributed by atoms with Crippen LogP contribution in [-0.4, -0.2) is 17.1 Å². The Morgan fingerprint density at radius 1 is 1.03 bits per heavy atom. The summed E-state index contributed by atoms with van der Waals surface area (Å²) in [5.74, 6) is 1.80. The van der Waals surface area contributed by atoms with Gasteiger partial charge in [-0.1, -0.05) is 48.5 Å². The molecule has 1 aromatic heterocycles. The smallest absolute Gasteiger partial charge is 0.161 e. The Kier molecular flexibility index (Phi) is 5.26. The fourth-order valence-corrected chi connectivity index (χ4v) is 3.03. The molecule has 3 aromatic carbocycles. The molecule has 5 nitrogen and oxygen atoms in total. The van der Waals surface area contributed by atoms with E-state index in [4.69, 9.17) is 9.47 Å². The van der Waals surface area contributed by atoms with Crippen LogP contribution in [0.15, 0.2) is 72.8 Å². The maximum Gasteiger partial charge on any atom is 0.161 e. The van der Waals surface area contributed by atoms with E-state index in [0.29, 0.717) is 29.5 Å². The Balaban J connectivity index is 1.59. The number of imidazole rings is 1. The second kappa shape index (κ2) is 8.32. The highest BCUT2D eigenvalue weighted by Crippen LogP contribution is 2.30. The van der Waals surface area contributed by atoms with E-state index < -0.39 is 0 Å². The van der Waals surface area contributed by atoms with Crippen LogP contribution in [0.25, 0.3) is 22.7 Å². The van der Waals surface area contributed by atoms with E-state index >= 15 is 0 Å². The SMILES string of the molecule is COc1cc(/C=C(\C#N)c2nc3ccccc3[nH]2)ccc1OCc1ccccc1. The summed E-state index contributed by atoms with van der Waals surface area (Å²) in [4.78, 5) is 7.69. The quantitative estimate of drug-likeness (QED) is 0.465. The lowest BCUT2D eigenvalue weighted by atomic mass is 10.1. The highest BCUT2D eigenvalue weighted by molar-refractivity contribution is 5.90. The zero-order valence-electron chi connectivity index (χ0n) is 15.9. The molecule has 29 heavy (non-hydrogen) atoms. The number of hydrogen-bond donors (Lipinski definition) is 1. The van der Waals surface area contributed by atoms with Crippen molar-refractivity contribution in [3.63, 3.8) is 0 Å². The van der Waals surface area contributed by atoms with Gasteiger partial charge in [0.15, 0.2) is 11.5 Å². The van der Waals surface area contributed by atoms with Crippen molar-refractivity contribution >= 4 is 22.7 Å². The standard InChI is InChI=1S/C24H19N3O2/c1-28-23-14-18(11-12-22(23)29-16-17-7-3-2-4-8-17)13-19(15-25)24-26-20-9-5-6-10-21(20)27-24/h2-14H,16H2,1H3,(H,26,27)/b19-13+. The fourth-order valence-electron chi connectivity index (χ4n) is 3.03. The lowest BCUT2D eigenvalue weighted by Crippen LogP contribution is -1.97. The van der Waals surface area contributed by atoms with Crippen molar-refractivity contribution in [3.8, 4) is 17.6 Å². The van der Waals surface area contributed by atoms with Gasteiger partial charge in [0.1, 0.15) is 18.5 Å². The van der Waals surface area contributed by atoms with Crippen molar-refractivity contribution in [2.24, 2.45) is 0 Å². The van der Waals surface area contributed by atoms with Crippen molar-refractivity contribution in [2.75, 3.05) is 7.11 Å². The van der Waals surface area contributed by atoms with Crippen LogP contribution in [0.5, 0.6) is 11.5 Å². The summed E-state index contributed by atoms with van der Waals surface area (Å²) < 4.78 is 11.4. The molecule has 4 aromatic rings. The van der Waals surface area contributed by atoms with Crippen LogP contribution in [0, 0.1) is 11.3 Å². The normalized spacial score (nSPS) is 11.2. The first kappa shape index (κ1) is 18.3. The molecule has 5 heteroatoms. The van der Waals surface area contributed by atoms with Gasteiger partial charge in [0.05, 0.1) is 23.7 Å². The van der Waals surface area contributed by atoms with Gasteiger partial charge in [0.25, 0.3) is 0 Å². The summed E-state index contributed by atoms with van der Waals surface area (Å²) in [6.07, 6.45) is 1.78. The first-order valence-corrected chi connectivity index (χ1v) is 9.18. The highest BCUT2D eigenvalue weighted by Gasteiger charge is 2.10. The van der Waals surface area contributed by atoms with E-state index in [1.54, 1.807) is 13.2 Å². The minimum absolute atomic E-state index is 0.446. The topological polar surface area (TPSA) is 70.9 Å². The predicted octanol–water partition coefficient (Wildman–Crippen LogP) is 5.21. The van der Waals surface area contributed by atoms with E-state index in [-0.39, 0.29) is 0 Å². The summed E-state index contributed by atoms with van der Waals surface area (Å²) in [6.45, 7) is 0.453. The summed E-state index contributed by atoms with van der Waals surface area (Å²) in [6, 6.07) is 25.4. The van der Waals surface area contributed by atoms with Gasteiger partial charge in [-0.15, -0.1) is 0 Å². The molecule has 1 heterocycles. The Labute approximate surface area is 168 Å². The maximum atomic E-state index is 9.62. The van der Waals surface area contributed by atoms with Crippen LogP contribution in [0.3, 0.4) is 0 Å². The Hall–Kier alpha value is -4.04. The molecule has 0 atom stereocenters. The number of aromatic nitrogens is 2. The van der Waals surface area contributed by atoms with Gasteiger partial charge in [0, 0.05) is 0 Å². The third kappa shape index (κ3) is 4.12. The number of nitriles is 1. The van der Waals surface area contributed by atoms with Gasteiger partial charge >= 0.3 is 0 Å². The number of benzene rings is 3. The van der Waals surface area contributed by atoms with Crippen LogP contribution in [0.2, 0.25) is 0 Å². The van der Waals surface area contributed by atoms with E-state index in [0.717, 1.165) is 22.2 Å². The number of allylic oxidation sites excluding steroid dienone is 1. The number of para-hydroxylation sites is 2. The number of methoxy groups -OCH3 is 1. The lowest BCUT2D eigenvalue weighted by molar-refractivity contribution is 0.284. The fraction of sp³-hybridized carbons (Fsp3) is 0.0833. The van der Waals surface area contributed by atoms with Crippen molar-refractivity contribution in [3.05, 3.63) is 89.7 Å². The van der Waals surface area contributed by atoms with Gasteiger partial charge < -0.3 is 14.5 Å². The maximum absolute atomic E-state index is 9.62. The number of rotatable bonds is 6. The summed E-state index contributed by atoms with van der Waals surface area (Å²) in [7, 11) is 1.60. The summed E-state index contributed by atoms with van der Waals surface area (Å²) in [5, 5.41) is 9.62. The average Bonchev–Trinajstić information content (AvgIpc) is 3.21. The minimum Gasteiger partial charge on any atom is -0.493 e. The van der Waals surface area contributed by atoms with Crippen molar-refractivity contribution in [1.29, 1.82) is 5.26 Å². The molecule has 142 valence electrons. The van der Waals surface area contributed by atoms with E-state index in [9.17, 15) is 5.26 Å². The zero-order valence-corrected chi connectivity index (χ0v) is 15.9. The van der Waals surface area contributed by atoms with Gasteiger partial charge in [-0.25, -0.2) is 4.98 Å². The Morgan fingerprint density at radius 2 is 1.83 bits per heavy atom. The zero-order chi connectivity index (χ0) is 20.1. The Bertz CT molecular complexity index is 1170. The van der Waals surface area contributed by atoms with Crippen LogP contribution in [0.4, 0.5) is 0 Å². The number of nitrogens with one attached hydrogen (secondary N) is 1. The Morgan fingerprint density at radius 3 is 2.59 bits per heavy atom. The van der Waals surface area contributed by atoms with Crippen molar-refractivity contribution in [1.82, 2.24) is 9.97 Å². The first-order chi connectivity index (χ1) is 14.3. The number of H-pyrrole nitrogens is 1. The van der Waals surface area contributed by atoms with E-state index in [1.807, 2.05) is 72.8 Å². The molecule has 0 aliphatic heterocycles. The summed E-state index contributed by atoms with van der Waals surface area (Å²) in [5.41, 5.74) is 4.07. The van der Waals surface area contributed by atoms with Crippen LogP contribution in [0.1, 0.15) is 17.0 Å². The number of nitrogens with zero attached hydrogens (tertiary/aromatic N) is 2. The number of ether oxygens (including phenoxy) is 2. The van der Waals surface area contributed by atoms with Gasteiger partial charge in [-0.05, 0) is 41.5 Å². The molecule has 0 fully saturated rings. The third-order valence-corrected chi connectivity index (χ3v) is 4.50. The molecule has 0 spiro atoms. The van der Waals surface area contributed by atoms with Gasteiger partial charge in [-0.3, -0.25) is 0 Å². The number of hydrogen-bond acceptors (Lipinski definition) is 4. The lowest BCUT2D eigenvalue weighted by Gasteiger charge is -2.11. The average molecular weight is 381 g/mol. The molecule has 0 aliphatic rings. The van der Waals surface area contributed by atoms with E-state index in [2.05, 4.69) is 16.0 Å². The predicted molar refractivity (Wildman–Crippen MR) is 113 cm³/mol. The van der Waals surface area contributed by atoms with Crippen LogP contribution < -0.4 is 9.47 Å². The van der Waals surface area contributed by atoms with Crippen molar-refractivity contribution in [2.45, 2.75) is 6.61 Å². The molecule has 0 amide bonds.